The summed E-state index contributed by atoms with van der Waals surface area (Å²) in [5, 5.41) is 23.5. The van der Waals surface area contributed by atoms with E-state index in [1.807, 2.05) is 12.2 Å². The van der Waals surface area contributed by atoms with Crippen LogP contribution in [-0.4, -0.2) is 20.8 Å². The van der Waals surface area contributed by atoms with Crippen molar-refractivity contribution in [2.45, 2.75) is 39.5 Å². The number of benzene rings is 2. The Labute approximate surface area is 192 Å². The van der Waals surface area contributed by atoms with Gasteiger partial charge in [0.1, 0.15) is 0 Å². The van der Waals surface area contributed by atoms with Crippen LogP contribution in [0.2, 0.25) is 5.02 Å². The van der Waals surface area contributed by atoms with E-state index >= 15 is 0 Å². The third-order valence-corrected chi connectivity index (χ3v) is 6.57. The highest BCUT2D eigenvalue weighted by Crippen LogP contribution is 2.49. The summed E-state index contributed by atoms with van der Waals surface area (Å²) in [6.45, 7) is 6.50. The lowest BCUT2D eigenvalue weighted by molar-refractivity contribution is -0.384. The van der Waals surface area contributed by atoms with E-state index in [0.717, 1.165) is 6.42 Å². The minimum atomic E-state index is -1.65. The molecule has 1 saturated heterocycles. The van der Waals surface area contributed by atoms with Crippen molar-refractivity contribution >= 4 is 23.2 Å². The zero-order valence-corrected chi connectivity index (χ0v) is 19.0. The van der Waals surface area contributed by atoms with E-state index in [4.69, 9.17) is 11.6 Å². The van der Waals surface area contributed by atoms with Gasteiger partial charge < -0.3 is 5.11 Å². The van der Waals surface area contributed by atoms with E-state index < -0.39 is 10.6 Å². The number of hydrogen-bond donors (Lipinski definition) is 1. The van der Waals surface area contributed by atoms with Gasteiger partial charge in [-0.05, 0) is 35.4 Å². The normalized spacial score (nSPS) is 23.0. The monoisotopic (exact) mass is 452 g/mol. The number of nitro groups is 1. The first-order valence-corrected chi connectivity index (χ1v) is 10.9. The van der Waals surface area contributed by atoms with E-state index in [2.05, 4.69) is 20.8 Å². The Morgan fingerprint density at radius 3 is 2.34 bits per heavy atom. The molecule has 2 aliphatic rings. The second kappa shape index (κ2) is 7.87. The van der Waals surface area contributed by atoms with Crippen LogP contribution in [0.25, 0.3) is 0 Å². The van der Waals surface area contributed by atoms with Gasteiger partial charge in [0.05, 0.1) is 4.92 Å². The molecule has 1 N–H and O–H groups in total. The van der Waals surface area contributed by atoms with Crippen LogP contribution < -0.4 is 0 Å². The quantitative estimate of drug-likeness (QED) is 0.500. The Bertz CT molecular complexity index is 1130. The third-order valence-electron chi connectivity index (χ3n) is 6.32. The molecule has 0 saturated carbocycles. The number of nitro benzene ring substituents is 1. The van der Waals surface area contributed by atoms with E-state index in [-0.39, 0.29) is 29.5 Å². The molecule has 0 spiro atoms. The Hall–Kier alpha value is -2.96. The summed E-state index contributed by atoms with van der Waals surface area (Å²) in [5.41, 5.74) is 0.603. The Kier molecular flexibility index (Phi) is 5.47. The molecule has 0 radical (unpaired) electrons. The molecule has 1 amide bonds. The van der Waals surface area contributed by atoms with Crippen LogP contribution in [0.5, 0.6) is 0 Å². The molecular weight excluding hydrogens is 428 g/mol. The molecule has 1 aliphatic carbocycles. The van der Waals surface area contributed by atoms with Crippen LogP contribution >= 0.6 is 11.6 Å². The first-order chi connectivity index (χ1) is 15.0. The number of carbonyl (C=O) groups excluding carboxylic acids is 1. The largest absolute Gasteiger partial charge is 0.363 e. The summed E-state index contributed by atoms with van der Waals surface area (Å²) in [5.74, 6) is -0.0972. The highest BCUT2D eigenvalue weighted by molar-refractivity contribution is 6.30. The Morgan fingerprint density at radius 2 is 1.78 bits per heavy atom. The van der Waals surface area contributed by atoms with Crippen molar-refractivity contribution in [3.8, 4) is 0 Å². The van der Waals surface area contributed by atoms with Crippen molar-refractivity contribution in [2.75, 3.05) is 0 Å². The number of halogens is 1. The summed E-state index contributed by atoms with van der Waals surface area (Å²) >= 11 is 6.06. The van der Waals surface area contributed by atoms with Gasteiger partial charge in [0.15, 0.2) is 5.72 Å². The Balaban J connectivity index is 1.79. The van der Waals surface area contributed by atoms with Gasteiger partial charge in [-0.15, -0.1) is 0 Å². The number of aliphatic hydroxyl groups is 1. The highest BCUT2D eigenvalue weighted by Gasteiger charge is 2.53. The van der Waals surface area contributed by atoms with Crippen LogP contribution in [0.4, 0.5) is 5.69 Å². The average Bonchev–Trinajstić information content (AvgIpc) is 2.96. The zero-order valence-electron chi connectivity index (χ0n) is 18.2. The van der Waals surface area contributed by atoms with Crippen molar-refractivity contribution in [1.82, 2.24) is 4.90 Å². The average molecular weight is 453 g/mol. The molecule has 6 nitrogen and oxygen atoms in total. The summed E-state index contributed by atoms with van der Waals surface area (Å²) < 4.78 is 0. The summed E-state index contributed by atoms with van der Waals surface area (Å²) in [4.78, 5) is 25.5. The lowest BCUT2D eigenvalue weighted by Crippen LogP contribution is -2.43. The molecule has 2 aromatic rings. The number of fused-ring (bicyclic) bond motifs is 1. The molecule has 0 bridgehead atoms. The van der Waals surface area contributed by atoms with Crippen LogP contribution in [0, 0.1) is 21.4 Å². The molecule has 1 aliphatic heterocycles. The summed E-state index contributed by atoms with van der Waals surface area (Å²) in [6, 6.07) is 12.8. The number of carbonyl (C=O) groups is 1. The number of rotatable bonds is 4. The molecule has 2 unspecified atom stereocenters. The van der Waals surface area contributed by atoms with E-state index in [1.165, 1.54) is 17.0 Å². The fourth-order valence-corrected chi connectivity index (χ4v) is 4.48. The minimum absolute atomic E-state index is 0.0263. The van der Waals surface area contributed by atoms with E-state index in [0.29, 0.717) is 27.3 Å². The lowest BCUT2D eigenvalue weighted by Gasteiger charge is -2.36. The maximum Gasteiger partial charge on any atom is 0.269 e. The minimum Gasteiger partial charge on any atom is -0.363 e. The molecule has 2 atom stereocenters. The van der Waals surface area contributed by atoms with Crippen molar-refractivity contribution in [3.05, 3.63) is 98.1 Å². The number of non-ortho nitro benzene ring substituents is 1. The van der Waals surface area contributed by atoms with E-state index in [1.54, 1.807) is 36.4 Å². The van der Waals surface area contributed by atoms with Gasteiger partial charge in [-0.3, -0.25) is 19.8 Å². The molecule has 4 rings (SSSR count). The van der Waals surface area contributed by atoms with Gasteiger partial charge in [-0.25, -0.2) is 0 Å². The van der Waals surface area contributed by atoms with Crippen molar-refractivity contribution in [1.29, 1.82) is 0 Å². The van der Waals surface area contributed by atoms with Gasteiger partial charge in [-0.1, -0.05) is 68.8 Å². The van der Waals surface area contributed by atoms with Crippen LogP contribution in [0.3, 0.4) is 0 Å². The molecule has 1 fully saturated rings. The molecule has 2 aromatic carbocycles. The highest BCUT2D eigenvalue weighted by atomic mass is 35.5. The molecule has 0 aromatic heterocycles. The second-order valence-electron chi connectivity index (χ2n) is 9.40. The first kappa shape index (κ1) is 22.2. The van der Waals surface area contributed by atoms with Crippen molar-refractivity contribution in [3.63, 3.8) is 0 Å². The SMILES string of the molecule is CC(C)(C)C1C=C2C(=O)N(Cc3ccc([N+](=O)[O-])cc3)C(O)(c3ccc(Cl)cc3)C2=CC1. The molecule has 7 heteroatoms. The fraction of sp³-hybridized carbons (Fsp3) is 0.320. The predicted octanol–water partition coefficient (Wildman–Crippen LogP) is 5.35. The topological polar surface area (TPSA) is 83.7 Å². The molecule has 1 heterocycles. The van der Waals surface area contributed by atoms with Gasteiger partial charge in [0.25, 0.3) is 11.6 Å². The lowest BCUT2D eigenvalue weighted by atomic mass is 9.74. The van der Waals surface area contributed by atoms with Crippen LogP contribution in [0.1, 0.15) is 38.3 Å². The Morgan fingerprint density at radius 1 is 1.16 bits per heavy atom. The number of hydrogen-bond acceptors (Lipinski definition) is 4. The van der Waals surface area contributed by atoms with E-state index in [9.17, 15) is 20.0 Å². The van der Waals surface area contributed by atoms with Gasteiger partial charge in [0, 0.05) is 40.4 Å². The summed E-state index contributed by atoms with van der Waals surface area (Å²) in [6.07, 6.45) is 4.67. The number of amides is 1. The molecule has 32 heavy (non-hydrogen) atoms. The van der Waals surface area contributed by atoms with Crippen LogP contribution in [0.15, 0.2) is 71.8 Å². The van der Waals surface area contributed by atoms with Gasteiger partial charge in [-0.2, -0.15) is 0 Å². The fourth-order valence-electron chi connectivity index (χ4n) is 4.36. The smallest absolute Gasteiger partial charge is 0.269 e. The maximum atomic E-state index is 13.6. The first-order valence-electron chi connectivity index (χ1n) is 10.5. The number of likely N-dealkylation sites (tertiary alicyclic amines) is 1. The van der Waals surface area contributed by atoms with Crippen LogP contribution in [-0.2, 0) is 17.1 Å². The number of nitrogens with zero attached hydrogens (tertiary/aromatic N) is 2. The standard InChI is InChI=1S/C25H25ClN2O4/c1-24(2,3)18-8-13-22-21(14-18)23(29)27(15-16-4-11-20(12-5-16)28(31)32)25(22,30)17-6-9-19(26)10-7-17/h4-7,9-14,18,30H,8,15H2,1-3H3. The zero-order chi connectivity index (χ0) is 23.3. The summed E-state index contributed by atoms with van der Waals surface area (Å²) in [7, 11) is 0. The second-order valence-corrected chi connectivity index (χ2v) is 9.84. The predicted molar refractivity (Wildman–Crippen MR) is 123 cm³/mol. The number of allylic oxidation sites excluding steroid dienone is 2. The molecular formula is C25H25ClN2O4. The third kappa shape index (κ3) is 3.74. The van der Waals surface area contributed by atoms with Gasteiger partial charge in [0.2, 0.25) is 0 Å². The maximum absolute atomic E-state index is 13.6. The van der Waals surface area contributed by atoms with Crippen molar-refractivity contribution < 1.29 is 14.8 Å². The van der Waals surface area contributed by atoms with Crippen molar-refractivity contribution in [2.24, 2.45) is 11.3 Å². The molecule has 166 valence electrons. The van der Waals surface area contributed by atoms with Gasteiger partial charge >= 0.3 is 0 Å².